The second-order valence-electron chi connectivity index (χ2n) is 6.64. The number of rotatable bonds is 5. The molecule has 1 fully saturated rings. The van der Waals surface area contributed by atoms with Gasteiger partial charge in [-0.1, -0.05) is 30.3 Å². The van der Waals surface area contributed by atoms with E-state index in [0.29, 0.717) is 19.5 Å². The smallest absolute Gasteiger partial charge is 0.242 e. The lowest BCUT2D eigenvalue weighted by Gasteiger charge is -2.22. The molecule has 5 nitrogen and oxygen atoms in total. The van der Waals surface area contributed by atoms with Crippen molar-refractivity contribution in [2.45, 2.75) is 25.8 Å². The molecule has 0 bridgehead atoms. The van der Waals surface area contributed by atoms with Crippen LogP contribution in [0.4, 0.5) is 0 Å². The Labute approximate surface area is 148 Å². The van der Waals surface area contributed by atoms with Crippen molar-refractivity contribution in [2.75, 3.05) is 20.1 Å². The Hall–Kier alpha value is -2.69. The fourth-order valence-electron chi connectivity index (χ4n) is 3.22. The molecule has 2 aromatic rings. The van der Waals surface area contributed by atoms with Gasteiger partial charge in [0, 0.05) is 44.4 Å². The molecule has 0 unspecified atom stereocenters. The van der Waals surface area contributed by atoms with Gasteiger partial charge >= 0.3 is 0 Å². The summed E-state index contributed by atoms with van der Waals surface area (Å²) in [5.74, 6) is 0.182. The molecular weight excluding hydrogens is 314 g/mol. The highest BCUT2D eigenvalue weighted by molar-refractivity contribution is 5.86. The van der Waals surface area contributed by atoms with Gasteiger partial charge in [0.1, 0.15) is 0 Å². The summed E-state index contributed by atoms with van der Waals surface area (Å²) in [7, 11) is 1.77. The minimum absolute atomic E-state index is 0.0449. The molecule has 1 aromatic carbocycles. The van der Waals surface area contributed by atoms with E-state index in [1.165, 1.54) is 0 Å². The average molecular weight is 337 g/mol. The van der Waals surface area contributed by atoms with Crippen molar-refractivity contribution < 1.29 is 9.59 Å². The number of carbonyl (C=O) groups is 2. The first kappa shape index (κ1) is 17.1. The van der Waals surface area contributed by atoms with Crippen LogP contribution in [0.1, 0.15) is 29.2 Å². The van der Waals surface area contributed by atoms with Crippen LogP contribution in [-0.2, 0) is 16.1 Å². The Morgan fingerprint density at radius 3 is 2.76 bits per heavy atom. The van der Waals surface area contributed by atoms with Gasteiger partial charge in [0.25, 0.3) is 0 Å². The van der Waals surface area contributed by atoms with Gasteiger partial charge in [0.15, 0.2) is 0 Å². The summed E-state index contributed by atoms with van der Waals surface area (Å²) in [6.07, 6.45) is 2.22. The molecular formula is C20H23N3O2. The lowest BCUT2D eigenvalue weighted by Crippen LogP contribution is -2.38. The summed E-state index contributed by atoms with van der Waals surface area (Å²) in [6.45, 7) is 3.20. The second-order valence-corrected chi connectivity index (χ2v) is 6.64. The minimum atomic E-state index is -0.0449. The highest BCUT2D eigenvalue weighted by Gasteiger charge is 2.32. The van der Waals surface area contributed by atoms with E-state index in [-0.39, 0.29) is 24.3 Å². The molecule has 1 saturated heterocycles. The zero-order chi connectivity index (χ0) is 17.8. The van der Waals surface area contributed by atoms with Gasteiger partial charge < -0.3 is 9.80 Å². The monoisotopic (exact) mass is 337 g/mol. The number of aromatic nitrogens is 1. The van der Waals surface area contributed by atoms with Gasteiger partial charge in [0.05, 0.1) is 6.54 Å². The predicted molar refractivity (Wildman–Crippen MR) is 95.8 cm³/mol. The first-order valence-electron chi connectivity index (χ1n) is 8.51. The van der Waals surface area contributed by atoms with Crippen LogP contribution in [0, 0.1) is 6.92 Å². The maximum atomic E-state index is 12.5. The van der Waals surface area contributed by atoms with Gasteiger partial charge in [-0.2, -0.15) is 0 Å². The van der Waals surface area contributed by atoms with Crippen molar-refractivity contribution in [1.82, 2.24) is 14.8 Å². The van der Waals surface area contributed by atoms with Crippen LogP contribution in [0.15, 0.2) is 48.7 Å². The van der Waals surface area contributed by atoms with Crippen LogP contribution in [0.5, 0.6) is 0 Å². The van der Waals surface area contributed by atoms with Crippen molar-refractivity contribution in [1.29, 1.82) is 0 Å². The third-order valence-electron chi connectivity index (χ3n) is 4.62. The fourth-order valence-corrected chi connectivity index (χ4v) is 3.22. The maximum absolute atomic E-state index is 12.5. The van der Waals surface area contributed by atoms with E-state index < -0.39 is 0 Å². The molecule has 0 aliphatic carbocycles. The Morgan fingerprint density at radius 2 is 2.04 bits per heavy atom. The highest BCUT2D eigenvalue weighted by atomic mass is 16.2. The third kappa shape index (κ3) is 4.24. The average Bonchev–Trinajstić information content (AvgIpc) is 2.96. The van der Waals surface area contributed by atoms with Crippen LogP contribution in [0.25, 0.3) is 0 Å². The standard InChI is InChI=1S/C20H23N3O2/c1-15-10-16(8-9-21-15)12-22(2)20(25)14-23-13-18(11-19(23)24)17-6-4-3-5-7-17/h3-10,18H,11-14H2,1-2H3/t18-/m1/s1. The molecule has 2 amide bonds. The quantitative estimate of drug-likeness (QED) is 0.842. The highest BCUT2D eigenvalue weighted by Crippen LogP contribution is 2.27. The largest absolute Gasteiger partial charge is 0.340 e. The van der Waals surface area contributed by atoms with Gasteiger partial charge in [-0.15, -0.1) is 0 Å². The Morgan fingerprint density at radius 1 is 1.28 bits per heavy atom. The van der Waals surface area contributed by atoms with E-state index in [4.69, 9.17) is 0 Å². The predicted octanol–water partition coefficient (Wildman–Crippen LogP) is 2.36. The third-order valence-corrected chi connectivity index (χ3v) is 4.62. The van der Waals surface area contributed by atoms with E-state index in [1.54, 1.807) is 23.0 Å². The van der Waals surface area contributed by atoms with E-state index >= 15 is 0 Å². The maximum Gasteiger partial charge on any atom is 0.242 e. The molecule has 0 radical (unpaired) electrons. The molecule has 3 rings (SSSR count). The van der Waals surface area contributed by atoms with Crippen molar-refractivity contribution in [3.8, 4) is 0 Å². The van der Waals surface area contributed by atoms with Crippen molar-refractivity contribution in [3.63, 3.8) is 0 Å². The SMILES string of the molecule is Cc1cc(CN(C)C(=O)CN2C[C@H](c3ccccc3)CC2=O)ccn1. The Kier molecular flexibility index (Phi) is 5.12. The normalized spacial score (nSPS) is 17.0. The van der Waals surface area contributed by atoms with Crippen molar-refractivity contribution in [2.24, 2.45) is 0 Å². The van der Waals surface area contributed by atoms with Crippen molar-refractivity contribution in [3.05, 3.63) is 65.5 Å². The summed E-state index contributed by atoms with van der Waals surface area (Å²) in [4.78, 5) is 32.3. The van der Waals surface area contributed by atoms with Gasteiger partial charge in [0.2, 0.25) is 11.8 Å². The fraction of sp³-hybridized carbons (Fsp3) is 0.350. The molecule has 1 aromatic heterocycles. The van der Waals surface area contributed by atoms with Crippen LogP contribution in [0.3, 0.4) is 0 Å². The van der Waals surface area contributed by atoms with Gasteiger partial charge in [-0.25, -0.2) is 0 Å². The van der Waals surface area contributed by atoms with Gasteiger partial charge in [-0.3, -0.25) is 14.6 Å². The zero-order valence-electron chi connectivity index (χ0n) is 14.7. The van der Waals surface area contributed by atoms with E-state index in [0.717, 1.165) is 16.8 Å². The number of benzene rings is 1. The summed E-state index contributed by atoms with van der Waals surface area (Å²) >= 11 is 0. The first-order valence-corrected chi connectivity index (χ1v) is 8.51. The number of aryl methyl sites for hydroxylation is 1. The number of hydrogen-bond donors (Lipinski definition) is 0. The molecule has 1 atom stereocenters. The zero-order valence-corrected chi connectivity index (χ0v) is 14.7. The van der Waals surface area contributed by atoms with Crippen LogP contribution in [0.2, 0.25) is 0 Å². The number of likely N-dealkylation sites (N-methyl/N-ethyl adjacent to an activating group) is 1. The van der Waals surface area contributed by atoms with E-state index in [9.17, 15) is 9.59 Å². The Bertz CT molecular complexity index is 761. The minimum Gasteiger partial charge on any atom is -0.340 e. The Balaban J connectivity index is 1.58. The lowest BCUT2D eigenvalue weighted by atomic mass is 9.99. The molecule has 25 heavy (non-hydrogen) atoms. The summed E-state index contributed by atoms with van der Waals surface area (Å²) < 4.78 is 0. The molecule has 2 heterocycles. The van der Waals surface area contributed by atoms with Crippen LogP contribution < -0.4 is 0 Å². The number of pyridine rings is 1. The molecule has 5 heteroatoms. The molecule has 130 valence electrons. The summed E-state index contributed by atoms with van der Waals surface area (Å²) in [6, 6.07) is 13.9. The second kappa shape index (κ2) is 7.47. The first-order chi connectivity index (χ1) is 12.0. The molecule has 0 N–H and O–H groups in total. The molecule has 1 aliphatic heterocycles. The lowest BCUT2D eigenvalue weighted by molar-refractivity contribution is -0.137. The number of likely N-dealkylation sites (tertiary alicyclic amines) is 1. The molecule has 0 spiro atoms. The summed E-state index contributed by atoms with van der Waals surface area (Å²) in [5, 5.41) is 0. The molecule has 1 aliphatic rings. The van der Waals surface area contributed by atoms with E-state index in [1.807, 2.05) is 49.4 Å². The van der Waals surface area contributed by atoms with Crippen molar-refractivity contribution >= 4 is 11.8 Å². The summed E-state index contributed by atoms with van der Waals surface area (Å²) in [5.41, 5.74) is 3.13. The number of amides is 2. The van der Waals surface area contributed by atoms with E-state index in [2.05, 4.69) is 4.98 Å². The number of nitrogens with zero attached hydrogens (tertiary/aromatic N) is 3. The number of hydrogen-bond acceptors (Lipinski definition) is 3. The van der Waals surface area contributed by atoms with Crippen LogP contribution in [-0.4, -0.2) is 46.7 Å². The number of carbonyl (C=O) groups excluding carboxylic acids is 2. The molecule has 0 saturated carbocycles. The topological polar surface area (TPSA) is 53.5 Å². The van der Waals surface area contributed by atoms with Crippen LogP contribution >= 0.6 is 0 Å². The van der Waals surface area contributed by atoms with Gasteiger partial charge in [-0.05, 0) is 30.2 Å².